The Bertz CT molecular complexity index is 861. The summed E-state index contributed by atoms with van der Waals surface area (Å²) in [4.78, 5) is 43.3. The van der Waals surface area contributed by atoms with Crippen molar-refractivity contribution >= 4 is 17.4 Å². The Labute approximate surface area is 177 Å². The second-order valence-electron chi connectivity index (χ2n) is 8.44. The minimum absolute atomic E-state index is 0.103. The third-order valence-corrected chi connectivity index (χ3v) is 6.28. The smallest absolute Gasteiger partial charge is 0.333 e. The van der Waals surface area contributed by atoms with Crippen LogP contribution in [0.25, 0.3) is 0 Å². The molecule has 0 spiro atoms. The maximum absolute atomic E-state index is 13.3. The molecule has 1 aromatic heterocycles. The van der Waals surface area contributed by atoms with Crippen LogP contribution in [-0.2, 0) is 22.6 Å². The minimum Gasteiger partial charge on any atom is -0.383 e. The Morgan fingerprint density at radius 3 is 2.33 bits per heavy atom. The molecule has 2 fully saturated rings. The number of ether oxygens (including phenoxy) is 1. The number of aromatic nitrogens is 2. The summed E-state index contributed by atoms with van der Waals surface area (Å²) in [5.41, 5.74) is 5.63. The van der Waals surface area contributed by atoms with E-state index in [1.807, 2.05) is 30.6 Å². The zero-order valence-electron chi connectivity index (χ0n) is 18.4. The molecule has 30 heavy (non-hydrogen) atoms. The van der Waals surface area contributed by atoms with Gasteiger partial charge in [-0.3, -0.25) is 14.2 Å². The zero-order chi connectivity index (χ0) is 21.8. The van der Waals surface area contributed by atoms with Crippen LogP contribution in [0, 0.1) is 0 Å². The molecule has 0 aliphatic carbocycles. The molecule has 2 atom stereocenters. The van der Waals surface area contributed by atoms with Crippen LogP contribution in [0.3, 0.4) is 0 Å². The number of rotatable bonds is 6. The highest BCUT2D eigenvalue weighted by molar-refractivity contribution is 5.77. The van der Waals surface area contributed by atoms with E-state index in [1.165, 1.54) is 4.57 Å². The van der Waals surface area contributed by atoms with Crippen molar-refractivity contribution < 1.29 is 9.53 Å². The molecule has 1 aromatic rings. The molecule has 1 amide bonds. The molecule has 3 heterocycles. The number of nitrogen functional groups attached to an aromatic ring is 1. The van der Waals surface area contributed by atoms with Crippen molar-refractivity contribution in [3.8, 4) is 0 Å². The van der Waals surface area contributed by atoms with Gasteiger partial charge in [0.15, 0.2) is 0 Å². The van der Waals surface area contributed by atoms with E-state index in [2.05, 4.69) is 0 Å². The number of hydrogen-bond donors (Lipinski definition) is 1. The Hall–Kier alpha value is -2.29. The Balaban J connectivity index is 2.02. The lowest BCUT2D eigenvalue weighted by Gasteiger charge is -2.39. The fourth-order valence-electron chi connectivity index (χ4n) is 4.59. The SMILES string of the molecule is CCCCn1c(N)c(N2CCOCC2)c(=O)n(CC(=O)N2C(C)CCCC2C)c1=O. The van der Waals surface area contributed by atoms with Gasteiger partial charge in [0, 0.05) is 31.7 Å². The van der Waals surface area contributed by atoms with Gasteiger partial charge in [-0.2, -0.15) is 0 Å². The number of nitrogens with two attached hydrogens (primary N) is 1. The molecule has 2 N–H and O–H groups in total. The molecule has 2 aliphatic rings. The average molecular weight is 422 g/mol. The topological polar surface area (TPSA) is 103 Å². The minimum atomic E-state index is -0.506. The summed E-state index contributed by atoms with van der Waals surface area (Å²) >= 11 is 0. The number of hydrogen-bond acceptors (Lipinski definition) is 6. The molecular formula is C21H35N5O4. The largest absolute Gasteiger partial charge is 0.383 e. The van der Waals surface area contributed by atoms with Crippen molar-refractivity contribution in [3.63, 3.8) is 0 Å². The van der Waals surface area contributed by atoms with Gasteiger partial charge in [-0.1, -0.05) is 13.3 Å². The summed E-state index contributed by atoms with van der Waals surface area (Å²) in [5.74, 6) is -0.00241. The van der Waals surface area contributed by atoms with Crippen LogP contribution >= 0.6 is 0 Å². The number of anilines is 2. The van der Waals surface area contributed by atoms with Gasteiger partial charge in [0.25, 0.3) is 5.56 Å². The fraction of sp³-hybridized carbons (Fsp3) is 0.762. The number of piperidine rings is 1. The van der Waals surface area contributed by atoms with E-state index in [1.54, 1.807) is 0 Å². The van der Waals surface area contributed by atoms with Gasteiger partial charge in [0.2, 0.25) is 5.91 Å². The second-order valence-corrected chi connectivity index (χ2v) is 8.44. The van der Waals surface area contributed by atoms with Gasteiger partial charge in [-0.25, -0.2) is 9.36 Å². The van der Waals surface area contributed by atoms with Crippen LogP contribution in [0.2, 0.25) is 0 Å². The Morgan fingerprint density at radius 2 is 1.73 bits per heavy atom. The first-order valence-corrected chi connectivity index (χ1v) is 11.1. The van der Waals surface area contributed by atoms with Crippen LogP contribution < -0.4 is 21.9 Å². The molecule has 0 aromatic carbocycles. The van der Waals surface area contributed by atoms with Crippen molar-refractivity contribution in [3.05, 3.63) is 20.8 Å². The Kier molecular flexibility index (Phi) is 7.23. The molecule has 168 valence electrons. The number of unbranched alkanes of at least 4 members (excludes halogenated alkanes) is 1. The van der Waals surface area contributed by atoms with Gasteiger partial charge in [-0.15, -0.1) is 0 Å². The van der Waals surface area contributed by atoms with Crippen LogP contribution in [0.15, 0.2) is 9.59 Å². The predicted molar refractivity (Wildman–Crippen MR) is 117 cm³/mol. The molecule has 2 saturated heterocycles. The highest BCUT2D eigenvalue weighted by Crippen LogP contribution is 2.23. The molecule has 9 heteroatoms. The summed E-state index contributed by atoms with van der Waals surface area (Å²) in [6, 6.07) is 0.207. The van der Waals surface area contributed by atoms with Crippen molar-refractivity contribution in [2.75, 3.05) is 36.9 Å². The van der Waals surface area contributed by atoms with Crippen LogP contribution in [0.5, 0.6) is 0 Å². The van der Waals surface area contributed by atoms with Gasteiger partial charge < -0.3 is 20.3 Å². The average Bonchev–Trinajstić information content (AvgIpc) is 2.72. The van der Waals surface area contributed by atoms with Gasteiger partial charge in [0.1, 0.15) is 18.1 Å². The number of carbonyl (C=O) groups excluding carboxylic acids is 1. The van der Waals surface area contributed by atoms with Crippen molar-refractivity contribution in [2.45, 2.75) is 78.0 Å². The Morgan fingerprint density at radius 1 is 1.10 bits per heavy atom. The quantitative estimate of drug-likeness (QED) is 0.736. The standard InChI is InChI=1S/C21H35N5O4/c1-4-5-9-24-19(22)18(23-10-12-30-13-11-23)20(28)25(21(24)29)14-17(27)26-15(2)7-6-8-16(26)3/h15-16H,4-14,22H2,1-3H3. The van der Waals surface area contributed by atoms with Gasteiger partial charge in [-0.05, 0) is 39.5 Å². The highest BCUT2D eigenvalue weighted by Gasteiger charge is 2.31. The summed E-state index contributed by atoms with van der Waals surface area (Å²) in [6.45, 7) is 8.29. The van der Waals surface area contributed by atoms with E-state index < -0.39 is 11.2 Å². The normalized spacial score (nSPS) is 22.4. The fourth-order valence-corrected chi connectivity index (χ4v) is 4.59. The summed E-state index contributed by atoms with van der Waals surface area (Å²) in [7, 11) is 0. The van der Waals surface area contributed by atoms with Crippen LogP contribution in [-0.4, -0.2) is 58.3 Å². The number of amides is 1. The third-order valence-electron chi connectivity index (χ3n) is 6.28. The highest BCUT2D eigenvalue weighted by atomic mass is 16.5. The van der Waals surface area contributed by atoms with Gasteiger partial charge >= 0.3 is 5.69 Å². The first kappa shape index (κ1) is 22.4. The predicted octanol–water partition coefficient (Wildman–Crippen LogP) is 1.02. The van der Waals surface area contributed by atoms with E-state index in [0.717, 1.165) is 36.7 Å². The number of likely N-dealkylation sites (tertiary alicyclic amines) is 1. The molecular weight excluding hydrogens is 386 g/mol. The molecule has 0 bridgehead atoms. The first-order valence-electron chi connectivity index (χ1n) is 11.1. The lowest BCUT2D eigenvalue weighted by Crippen LogP contribution is -2.52. The van der Waals surface area contributed by atoms with E-state index in [9.17, 15) is 14.4 Å². The number of nitrogens with zero attached hydrogens (tertiary/aromatic N) is 4. The van der Waals surface area contributed by atoms with Crippen molar-refractivity contribution in [1.82, 2.24) is 14.0 Å². The van der Waals surface area contributed by atoms with E-state index in [4.69, 9.17) is 10.5 Å². The monoisotopic (exact) mass is 421 g/mol. The van der Waals surface area contributed by atoms with Gasteiger partial charge in [0.05, 0.1) is 13.2 Å². The van der Waals surface area contributed by atoms with E-state index in [-0.39, 0.29) is 30.4 Å². The summed E-state index contributed by atoms with van der Waals surface area (Å²) in [5, 5.41) is 0. The number of morpholine rings is 1. The maximum atomic E-state index is 13.3. The van der Waals surface area contributed by atoms with Crippen molar-refractivity contribution in [2.24, 2.45) is 0 Å². The molecule has 2 unspecified atom stereocenters. The van der Waals surface area contributed by atoms with Crippen LogP contribution in [0.1, 0.15) is 52.9 Å². The van der Waals surface area contributed by atoms with Crippen molar-refractivity contribution in [1.29, 1.82) is 0 Å². The molecule has 9 nitrogen and oxygen atoms in total. The zero-order valence-corrected chi connectivity index (χ0v) is 18.4. The molecule has 2 aliphatic heterocycles. The third kappa shape index (κ3) is 4.40. The second kappa shape index (κ2) is 9.68. The molecule has 0 saturated carbocycles. The lowest BCUT2D eigenvalue weighted by atomic mass is 9.97. The summed E-state index contributed by atoms with van der Waals surface area (Å²) < 4.78 is 7.92. The maximum Gasteiger partial charge on any atom is 0.333 e. The number of carbonyl (C=O) groups is 1. The lowest BCUT2D eigenvalue weighted by molar-refractivity contribution is -0.138. The molecule has 3 rings (SSSR count). The first-order chi connectivity index (χ1) is 14.4. The van der Waals surface area contributed by atoms with Crippen LogP contribution in [0.4, 0.5) is 11.5 Å². The molecule has 0 radical (unpaired) electrons. The van der Waals surface area contributed by atoms with E-state index >= 15 is 0 Å². The summed E-state index contributed by atoms with van der Waals surface area (Å²) in [6.07, 6.45) is 4.61. The van der Waals surface area contributed by atoms with E-state index in [0.29, 0.717) is 38.5 Å².